The zero-order valence-electron chi connectivity index (χ0n) is 8.29. The predicted octanol–water partition coefficient (Wildman–Crippen LogP) is 2.61. The Hall–Kier alpha value is -1.18. The number of anilines is 1. The first kappa shape index (κ1) is 8.42. The second kappa shape index (κ2) is 2.95. The van der Waals surface area contributed by atoms with E-state index in [0.717, 1.165) is 5.75 Å². The maximum absolute atomic E-state index is 5.34. The molecule has 0 spiro atoms. The number of nitrogens with one attached hydrogen (secondary N) is 1. The fourth-order valence-electron chi connectivity index (χ4n) is 1.94. The van der Waals surface area contributed by atoms with Gasteiger partial charge >= 0.3 is 0 Å². The lowest BCUT2D eigenvalue weighted by atomic mass is 9.97. The molecule has 2 unspecified atom stereocenters. The van der Waals surface area contributed by atoms with Gasteiger partial charge in [0.15, 0.2) is 0 Å². The van der Waals surface area contributed by atoms with Crippen molar-refractivity contribution in [2.24, 2.45) is 0 Å². The highest BCUT2D eigenvalue weighted by molar-refractivity contribution is 5.64. The van der Waals surface area contributed by atoms with E-state index in [4.69, 9.17) is 4.74 Å². The normalized spacial score (nSPS) is 25.2. The van der Waals surface area contributed by atoms with Crippen LogP contribution in [-0.2, 0) is 0 Å². The average Bonchev–Trinajstić information content (AvgIpc) is 2.43. The molecular weight excluding hydrogens is 162 g/mol. The Kier molecular flexibility index (Phi) is 1.91. The van der Waals surface area contributed by atoms with Crippen LogP contribution in [0.5, 0.6) is 5.75 Å². The van der Waals surface area contributed by atoms with E-state index in [1.54, 1.807) is 7.11 Å². The Bertz CT molecular complexity index is 322. The van der Waals surface area contributed by atoms with Crippen molar-refractivity contribution in [1.82, 2.24) is 0 Å². The zero-order valence-corrected chi connectivity index (χ0v) is 8.29. The molecule has 13 heavy (non-hydrogen) atoms. The van der Waals surface area contributed by atoms with Crippen molar-refractivity contribution in [1.29, 1.82) is 0 Å². The molecule has 1 aromatic rings. The third-order valence-electron chi connectivity index (χ3n) is 2.87. The number of hydrogen-bond acceptors (Lipinski definition) is 2. The summed E-state index contributed by atoms with van der Waals surface area (Å²) in [6.07, 6.45) is 0. The molecule has 0 radical (unpaired) electrons. The van der Waals surface area contributed by atoms with Crippen LogP contribution in [0.2, 0.25) is 0 Å². The van der Waals surface area contributed by atoms with Crippen LogP contribution in [0.3, 0.4) is 0 Å². The first-order chi connectivity index (χ1) is 6.24. The van der Waals surface area contributed by atoms with E-state index in [1.165, 1.54) is 11.3 Å². The van der Waals surface area contributed by atoms with E-state index in [0.29, 0.717) is 12.0 Å². The fraction of sp³-hybridized carbons (Fsp3) is 0.455. The Balaban J connectivity index is 2.51. The molecule has 0 bridgehead atoms. The Labute approximate surface area is 78.9 Å². The minimum Gasteiger partial charge on any atom is -0.496 e. The summed E-state index contributed by atoms with van der Waals surface area (Å²) >= 11 is 0. The molecule has 0 fully saturated rings. The number of benzene rings is 1. The van der Waals surface area contributed by atoms with Gasteiger partial charge in [0.1, 0.15) is 5.75 Å². The highest BCUT2D eigenvalue weighted by atomic mass is 16.5. The highest BCUT2D eigenvalue weighted by Gasteiger charge is 2.27. The summed E-state index contributed by atoms with van der Waals surface area (Å²) in [5.74, 6) is 1.54. The summed E-state index contributed by atoms with van der Waals surface area (Å²) in [7, 11) is 1.73. The van der Waals surface area contributed by atoms with Gasteiger partial charge < -0.3 is 10.1 Å². The molecular formula is C11H15NO. The van der Waals surface area contributed by atoms with E-state index >= 15 is 0 Å². The number of rotatable bonds is 1. The van der Waals surface area contributed by atoms with Gasteiger partial charge in [0.2, 0.25) is 0 Å². The summed E-state index contributed by atoms with van der Waals surface area (Å²) in [6.45, 7) is 4.43. The van der Waals surface area contributed by atoms with Gasteiger partial charge in [-0.2, -0.15) is 0 Å². The van der Waals surface area contributed by atoms with Crippen LogP contribution in [0.15, 0.2) is 18.2 Å². The summed E-state index contributed by atoms with van der Waals surface area (Å²) in [4.78, 5) is 0. The fourth-order valence-corrected chi connectivity index (χ4v) is 1.94. The molecule has 0 aliphatic carbocycles. The van der Waals surface area contributed by atoms with Gasteiger partial charge in [-0.1, -0.05) is 13.0 Å². The lowest BCUT2D eigenvalue weighted by molar-refractivity contribution is 0.407. The minimum atomic E-state index is 0.506. The number of hydrogen-bond donors (Lipinski definition) is 1. The van der Waals surface area contributed by atoms with Crippen LogP contribution in [0, 0.1) is 0 Å². The SMILES string of the molecule is COc1cccc2c1C(C)C(C)N2. The van der Waals surface area contributed by atoms with E-state index in [2.05, 4.69) is 25.2 Å². The summed E-state index contributed by atoms with van der Waals surface area (Å²) in [5.41, 5.74) is 2.54. The smallest absolute Gasteiger partial charge is 0.124 e. The molecule has 1 aliphatic heterocycles. The molecule has 1 heterocycles. The van der Waals surface area contributed by atoms with Crippen LogP contribution in [-0.4, -0.2) is 13.2 Å². The molecule has 0 saturated carbocycles. The maximum Gasteiger partial charge on any atom is 0.124 e. The Morgan fingerprint density at radius 1 is 1.31 bits per heavy atom. The molecule has 1 aromatic carbocycles. The van der Waals surface area contributed by atoms with Gasteiger partial charge in [0.05, 0.1) is 7.11 Å². The van der Waals surface area contributed by atoms with E-state index in [-0.39, 0.29) is 0 Å². The summed E-state index contributed by atoms with van der Waals surface area (Å²) in [6, 6.07) is 6.66. The lowest BCUT2D eigenvalue weighted by Crippen LogP contribution is -2.12. The zero-order chi connectivity index (χ0) is 9.42. The van der Waals surface area contributed by atoms with E-state index in [9.17, 15) is 0 Å². The van der Waals surface area contributed by atoms with Gasteiger partial charge in [0.25, 0.3) is 0 Å². The van der Waals surface area contributed by atoms with Crippen LogP contribution < -0.4 is 10.1 Å². The lowest BCUT2D eigenvalue weighted by Gasteiger charge is -2.11. The maximum atomic E-state index is 5.34. The molecule has 2 heteroatoms. The minimum absolute atomic E-state index is 0.506. The van der Waals surface area contributed by atoms with Crippen molar-refractivity contribution in [2.75, 3.05) is 12.4 Å². The molecule has 2 atom stereocenters. The molecule has 0 saturated heterocycles. The largest absolute Gasteiger partial charge is 0.496 e. The summed E-state index contributed by atoms with van der Waals surface area (Å²) in [5, 5.41) is 3.44. The Morgan fingerprint density at radius 3 is 2.77 bits per heavy atom. The van der Waals surface area contributed by atoms with Crippen LogP contribution >= 0.6 is 0 Å². The predicted molar refractivity (Wildman–Crippen MR) is 54.5 cm³/mol. The molecule has 1 aliphatic rings. The number of ether oxygens (including phenoxy) is 1. The number of fused-ring (bicyclic) bond motifs is 1. The molecule has 0 aromatic heterocycles. The monoisotopic (exact) mass is 177 g/mol. The topological polar surface area (TPSA) is 21.3 Å². The van der Waals surface area contributed by atoms with E-state index in [1.807, 2.05) is 12.1 Å². The van der Waals surface area contributed by atoms with Crippen LogP contribution in [0.1, 0.15) is 25.3 Å². The van der Waals surface area contributed by atoms with Crippen molar-refractivity contribution in [3.05, 3.63) is 23.8 Å². The second-order valence-electron chi connectivity index (χ2n) is 3.64. The highest BCUT2D eigenvalue weighted by Crippen LogP contribution is 2.41. The third kappa shape index (κ3) is 1.17. The molecule has 70 valence electrons. The standard InChI is InChI=1S/C11H15NO/c1-7-8(2)12-9-5-4-6-10(13-3)11(7)9/h4-8,12H,1-3H3. The Morgan fingerprint density at radius 2 is 2.08 bits per heavy atom. The van der Waals surface area contributed by atoms with Gasteiger partial charge in [-0.15, -0.1) is 0 Å². The number of methoxy groups -OCH3 is 1. The first-order valence-corrected chi connectivity index (χ1v) is 4.67. The molecule has 0 amide bonds. The van der Waals surface area contributed by atoms with Crippen molar-refractivity contribution >= 4 is 5.69 Å². The first-order valence-electron chi connectivity index (χ1n) is 4.67. The van der Waals surface area contributed by atoms with Crippen molar-refractivity contribution in [3.63, 3.8) is 0 Å². The molecule has 2 rings (SSSR count). The van der Waals surface area contributed by atoms with Crippen LogP contribution in [0.4, 0.5) is 5.69 Å². The average molecular weight is 177 g/mol. The quantitative estimate of drug-likeness (QED) is 0.712. The molecule has 2 nitrogen and oxygen atoms in total. The molecule has 1 N–H and O–H groups in total. The van der Waals surface area contributed by atoms with Gasteiger partial charge in [-0.25, -0.2) is 0 Å². The summed E-state index contributed by atoms with van der Waals surface area (Å²) < 4.78 is 5.34. The van der Waals surface area contributed by atoms with Crippen LogP contribution in [0.25, 0.3) is 0 Å². The van der Waals surface area contributed by atoms with Crippen molar-refractivity contribution in [3.8, 4) is 5.75 Å². The van der Waals surface area contributed by atoms with E-state index < -0.39 is 0 Å². The van der Waals surface area contributed by atoms with Gasteiger partial charge in [0, 0.05) is 23.2 Å². The second-order valence-corrected chi connectivity index (χ2v) is 3.64. The van der Waals surface area contributed by atoms with Gasteiger partial charge in [-0.05, 0) is 19.1 Å². The van der Waals surface area contributed by atoms with Crippen molar-refractivity contribution < 1.29 is 4.74 Å². The van der Waals surface area contributed by atoms with Crippen molar-refractivity contribution in [2.45, 2.75) is 25.8 Å². The van der Waals surface area contributed by atoms with Gasteiger partial charge in [-0.3, -0.25) is 0 Å². The third-order valence-corrected chi connectivity index (χ3v) is 2.87.